The molecule has 22 nitrogen and oxygen atoms in total. The molecule has 53 heavy (non-hydrogen) atoms. The van der Waals surface area contributed by atoms with Crippen LogP contribution in [-0.4, -0.2) is 108 Å². The van der Waals surface area contributed by atoms with Gasteiger partial charge in [-0.3, -0.25) is 9.59 Å². The van der Waals surface area contributed by atoms with Crippen LogP contribution in [0.2, 0.25) is 0 Å². The van der Waals surface area contributed by atoms with Gasteiger partial charge in [0.25, 0.3) is 0 Å². The van der Waals surface area contributed by atoms with E-state index in [2.05, 4.69) is 56.5 Å². The fourth-order valence-electron chi connectivity index (χ4n) is 4.18. The lowest BCUT2D eigenvalue weighted by Crippen LogP contribution is -2.35. The van der Waals surface area contributed by atoms with Crippen molar-refractivity contribution in [3.05, 3.63) is 12.7 Å². The molecule has 0 bridgehead atoms. The van der Waals surface area contributed by atoms with Crippen molar-refractivity contribution in [1.82, 2.24) is 49.7 Å². The Labute approximate surface area is 305 Å². The zero-order chi connectivity index (χ0) is 39.3. The molecular formula is C31H48N14O8. The molecule has 22 heteroatoms. The number of ether oxygens (including phenoxy) is 4. The van der Waals surface area contributed by atoms with Gasteiger partial charge in [0.1, 0.15) is 29.8 Å². The molecule has 2 amide bonds. The highest BCUT2D eigenvalue weighted by molar-refractivity contribution is 5.86. The maximum absolute atomic E-state index is 11.7. The molecule has 0 spiro atoms. The number of carbonyl (C=O) groups excluding carboxylic acids is 4. The first-order valence-electron chi connectivity index (χ1n) is 16.5. The molecule has 0 aromatic carbocycles. The molecule has 0 atom stereocenters. The molecule has 0 aliphatic heterocycles. The average molecular weight is 745 g/mol. The van der Waals surface area contributed by atoms with Gasteiger partial charge in [0, 0.05) is 7.05 Å². The van der Waals surface area contributed by atoms with Crippen LogP contribution in [0.3, 0.4) is 0 Å². The summed E-state index contributed by atoms with van der Waals surface area (Å²) in [6, 6.07) is 0. The zero-order valence-corrected chi connectivity index (χ0v) is 31.3. The highest BCUT2D eigenvalue weighted by atomic mass is 16.6. The van der Waals surface area contributed by atoms with Gasteiger partial charge < -0.3 is 60.4 Å². The lowest BCUT2D eigenvalue weighted by atomic mass is 10.2. The summed E-state index contributed by atoms with van der Waals surface area (Å²) in [6.07, 6.45) is 1.80. The molecule has 0 aliphatic carbocycles. The molecule has 4 heterocycles. The molecule has 0 radical (unpaired) electrons. The number of nitrogens with two attached hydrogens (primary N) is 1. The van der Waals surface area contributed by atoms with Crippen molar-refractivity contribution < 1.29 is 38.1 Å². The predicted molar refractivity (Wildman–Crippen MR) is 194 cm³/mol. The van der Waals surface area contributed by atoms with E-state index in [1.165, 1.54) is 17.2 Å². The maximum atomic E-state index is 11.7. The van der Waals surface area contributed by atoms with Crippen LogP contribution < -0.4 is 32.3 Å². The number of alkyl carbamates (subject to hydrolysis) is 2. The van der Waals surface area contributed by atoms with E-state index in [9.17, 15) is 19.2 Å². The monoisotopic (exact) mass is 744 g/mol. The Morgan fingerprint density at radius 3 is 1.57 bits per heavy atom. The second kappa shape index (κ2) is 18.3. The highest BCUT2D eigenvalue weighted by Gasteiger charge is 2.19. The number of hydrogen-bond acceptors (Lipinski definition) is 18. The summed E-state index contributed by atoms with van der Waals surface area (Å²) in [6.45, 7) is 14.7. The van der Waals surface area contributed by atoms with Gasteiger partial charge in [0.05, 0.1) is 39.2 Å². The maximum Gasteiger partial charge on any atom is 0.409 e. The Balaban J connectivity index is 0.000000286. The molecule has 0 saturated heterocycles. The summed E-state index contributed by atoms with van der Waals surface area (Å²) < 4.78 is 23.2. The first-order valence-corrected chi connectivity index (χ1v) is 16.5. The topological polar surface area (TPSA) is 279 Å². The van der Waals surface area contributed by atoms with Crippen molar-refractivity contribution in [2.45, 2.75) is 79.7 Å². The van der Waals surface area contributed by atoms with E-state index < -0.39 is 29.4 Å². The van der Waals surface area contributed by atoms with Crippen molar-refractivity contribution in [2.24, 2.45) is 0 Å². The van der Waals surface area contributed by atoms with Crippen LogP contribution in [0, 0.1) is 0 Å². The minimum Gasteiger partial charge on any atom is -0.465 e. The van der Waals surface area contributed by atoms with E-state index in [-0.39, 0.29) is 56.7 Å². The van der Waals surface area contributed by atoms with Crippen LogP contribution in [0.25, 0.3) is 22.3 Å². The second-order valence-electron chi connectivity index (χ2n) is 12.8. The van der Waals surface area contributed by atoms with Gasteiger partial charge in [0.15, 0.2) is 28.4 Å². The molecule has 0 fully saturated rings. The number of esters is 2. The number of carbonyl (C=O) groups is 4. The fourth-order valence-corrected chi connectivity index (χ4v) is 4.18. The quantitative estimate of drug-likeness (QED) is 0.0650. The Bertz CT molecular complexity index is 1880. The fraction of sp³-hybridized carbons (Fsp3) is 0.548. The summed E-state index contributed by atoms with van der Waals surface area (Å²) in [7, 11) is 1.70. The molecule has 0 saturated carbocycles. The third-order valence-electron chi connectivity index (χ3n) is 6.16. The first-order chi connectivity index (χ1) is 24.9. The molecular weight excluding hydrogens is 696 g/mol. The predicted octanol–water partition coefficient (Wildman–Crippen LogP) is 2.19. The largest absolute Gasteiger partial charge is 0.465 e. The number of amides is 2. The molecule has 0 aliphatic rings. The van der Waals surface area contributed by atoms with Crippen LogP contribution in [0.15, 0.2) is 12.7 Å². The first kappa shape index (κ1) is 41.2. The van der Waals surface area contributed by atoms with E-state index in [4.69, 9.17) is 24.7 Å². The summed E-state index contributed by atoms with van der Waals surface area (Å²) >= 11 is 0. The summed E-state index contributed by atoms with van der Waals surface area (Å²) in [5.74, 6) is 0.276. The SMILES string of the molecule is CCOC(=O)Cn1cnc2c(N)nc(NCNC(=O)OC(C)(C)C)nc21.CCOC(=O)Cn1cnc2c(NC)nc(NCNC(=O)OC(C)(C)C)nc21. The zero-order valence-electron chi connectivity index (χ0n) is 31.3. The van der Waals surface area contributed by atoms with Gasteiger partial charge in [-0.1, -0.05) is 0 Å². The third-order valence-corrected chi connectivity index (χ3v) is 6.16. The minimum atomic E-state index is -0.594. The Morgan fingerprint density at radius 2 is 1.13 bits per heavy atom. The van der Waals surface area contributed by atoms with Crippen molar-refractivity contribution in [2.75, 3.05) is 55.3 Å². The Hall–Kier alpha value is -6.22. The van der Waals surface area contributed by atoms with E-state index in [0.717, 1.165) is 0 Å². The van der Waals surface area contributed by atoms with E-state index in [0.29, 0.717) is 34.8 Å². The molecule has 290 valence electrons. The molecule has 7 N–H and O–H groups in total. The molecule has 4 rings (SSSR count). The van der Waals surface area contributed by atoms with Crippen LogP contribution in [0.5, 0.6) is 0 Å². The number of aromatic nitrogens is 8. The van der Waals surface area contributed by atoms with Gasteiger partial charge in [0.2, 0.25) is 11.9 Å². The van der Waals surface area contributed by atoms with Crippen molar-refractivity contribution >= 4 is 70.0 Å². The molecule has 4 aromatic rings. The number of nitrogens with one attached hydrogen (secondary N) is 5. The van der Waals surface area contributed by atoms with Gasteiger partial charge in [-0.05, 0) is 55.4 Å². The van der Waals surface area contributed by atoms with Crippen LogP contribution in [0.4, 0.5) is 33.1 Å². The van der Waals surface area contributed by atoms with Gasteiger partial charge in [-0.15, -0.1) is 0 Å². The van der Waals surface area contributed by atoms with Gasteiger partial charge in [-0.2, -0.15) is 19.9 Å². The smallest absolute Gasteiger partial charge is 0.409 e. The average Bonchev–Trinajstić information content (AvgIpc) is 3.63. The van der Waals surface area contributed by atoms with Crippen molar-refractivity contribution in [3.8, 4) is 0 Å². The third kappa shape index (κ3) is 13.1. The Kier molecular flexibility index (Phi) is 14.2. The lowest BCUT2D eigenvalue weighted by molar-refractivity contribution is -0.144. The minimum absolute atomic E-state index is 0.0138. The van der Waals surface area contributed by atoms with Crippen LogP contribution in [-0.2, 0) is 41.6 Å². The number of fused-ring (bicyclic) bond motifs is 2. The highest BCUT2D eigenvalue weighted by Crippen LogP contribution is 2.21. The molecule has 0 unspecified atom stereocenters. The van der Waals surface area contributed by atoms with E-state index in [1.54, 1.807) is 67.0 Å². The van der Waals surface area contributed by atoms with E-state index in [1.807, 2.05) is 0 Å². The van der Waals surface area contributed by atoms with Crippen LogP contribution >= 0.6 is 0 Å². The number of imidazole rings is 2. The number of anilines is 4. The van der Waals surface area contributed by atoms with Crippen molar-refractivity contribution in [3.63, 3.8) is 0 Å². The lowest BCUT2D eigenvalue weighted by Gasteiger charge is -2.19. The van der Waals surface area contributed by atoms with Crippen molar-refractivity contribution in [1.29, 1.82) is 0 Å². The van der Waals surface area contributed by atoms with E-state index >= 15 is 0 Å². The van der Waals surface area contributed by atoms with Gasteiger partial charge in [-0.25, -0.2) is 19.6 Å². The normalized spacial score (nSPS) is 11.2. The van der Waals surface area contributed by atoms with Gasteiger partial charge >= 0.3 is 24.1 Å². The number of nitrogens with zero attached hydrogens (tertiary/aromatic N) is 8. The number of nitrogen functional groups attached to an aromatic ring is 1. The number of rotatable bonds is 13. The second-order valence-corrected chi connectivity index (χ2v) is 12.8. The standard InChI is InChI=1S/C16H25N7O4.C15H23N7O4/c1-6-26-10(24)7-23-9-20-11-12(17-5)21-14(22-13(11)23)18-8-19-15(25)27-16(2,3)4;1-5-25-9(23)6-22-8-19-10-11(16)20-13(21-12(10)22)17-7-18-14(24)26-15(2,3)4/h9H,6-8H2,1-5H3,(H,19,25)(H2,17,18,21,22);8H,5-7H2,1-4H3,(H,18,24)(H3,16,17,20,21). The molecule has 4 aromatic heterocycles. The Morgan fingerprint density at radius 1 is 0.698 bits per heavy atom. The number of hydrogen-bond donors (Lipinski definition) is 6. The summed E-state index contributed by atoms with van der Waals surface area (Å²) in [5.41, 5.74) is 6.44. The van der Waals surface area contributed by atoms with Crippen LogP contribution in [0.1, 0.15) is 55.4 Å². The summed E-state index contributed by atoms with van der Waals surface area (Å²) in [5, 5.41) is 13.7. The summed E-state index contributed by atoms with van der Waals surface area (Å²) in [4.78, 5) is 72.1.